The summed E-state index contributed by atoms with van der Waals surface area (Å²) in [7, 11) is 1.79. The molecular weight excluding hydrogens is 246 g/mol. The quantitative estimate of drug-likeness (QED) is 0.500. The maximum Gasteiger partial charge on any atom is 0.191 e. The molecule has 1 aromatic carbocycles. The molecule has 3 nitrogen and oxygen atoms in total. The summed E-state index contributed by atoms with van der Waals surface area (Å²) in [5, 5.41) is 7.45. The van der Waals surface area contributed by atoms with Crippen LogP contribution in [-0.2, 0) is 6.54 Å². The molecule has 0 fully saturated rings. The SMILES string of the molecule is CN=C(NCc1cccc(Cl)c1)NC1CC=CC1. The molecule has 2 rings (SSSR count). The topological polar surface area (TPSA) is 36.4 Å². The summed E-state index contributed by atoms with van der Waals surface area (Å²) in [6, 6.07) is 8.30. The lowest BCUT2D eigenvalue weighted by molar-refractivity contribution is 0.633. The predicted molar refractivity (Wildman–Crippen MR) is 76.9 cm³/mol. The maximum atomic E-state index is 5.95. The van der Waals surface area contributed by atoms with Crippen molar-refractivity contribution >= 4 is 17.6 Å². The molecule has 1 aliphatic carbocycles. The van der Waals surface area contributed by atoms with Gasteiger partial charge >= 0.3 is 0 Å². The summed E-state index contributed by atoms with van der Waals surface area (Å²) in [4.78, 5) is 4.22. The molecule has 4 heteroatoms. The maximum absolute atomic E-state index is 5.95. The van der Waals surface area contributed by atoms with E-state index in [0.29, 0.717) is 6.04 Å². The Morgan fingerprint density at radius 1 is 1.39 bits per heavy atom. The van der Waals surface area contributed by atoms with Crippen molar-refractivity contribution in [2.45, 2.75) is 25.4 Å². The predicted octanol–water partition coefficient (Wildman–Crippen LogP) is 2.72. The summed E-state index contributed by atoms with van der Waals surface area (Å²) in [6.07, 6.45) is 6.53. The molecule has 1 aromatic rings. The van der Waals surface area contributed by atoms with E-state index in [1.807, 2.05) is 24.3 Å². The van der Waals surface area contributed by atoms with Gasteiger partial charge in [-0.15, -0.1) is 0 Å². The van der Waals surface area contributed by atoms with Gasteiger partial charge in [0.05, 0.1) is 0 Å². The highest BCUT2D eigenvalue weighted by Crippen LogP contribution is 2.11. The van der Waals surface area contributed by atoms with Gasteiger partial charge in [-0.1, -0.05) is 35.9 Å². The van der Waals surface area contributed by atoms with Crippen LogP contribution >= 0.6 is 11.6 Å². The summed E-state index contributed by atoms with van der Waals surface area (Å²) in [6.45, 7) is 0.723. The Labute approximate surface area is 113 Å². The van der Waals surface area contributed by atoms with Crippen LogP contribution in [0.5, 0.6) is 0 Å². The minimum atomic E-state index is 0.468. The van der Waals surface area contributed by atoms with Crippen LogP contribution < -0.4 is 10.6 Å². The number of rotatable bonds is 3. The molecule has 2 N–H and O–H groups in total. The van der Waals surface area contributed by atoms with Crippen LogP contribution in [0.3, 0.4) is 0 Å². The van der Waals surface area contributed by atoms with Gasteiger partial charge in [0.2, 0.25) is 0 Å². The fourth-order valence-corrected chi connectivity index (χ4v) is 2.17. The summed E-state index contributed by atoms with van der Waals surface area (Å²) in [5.74, 6) is 0.837. The fourth-order valence-electron chi connectivity index (χ4n) is 1.96. The van der Waals surface area contributed by atoms with Crippen molar-refractivity contribution < 1.29 is 0 Å². The van der Waals surface area contributed by atoms with Crippen molar-refractivity contribution in [2.75, 3.05) is 7.05 Å². The second-order valence-electron chi connectivity index (χ2n) is 4.34. The molecular formula is C14H18ClN3. The van der Waals surface area contributed by atoms with E-state index in [0.717, 1.165) is 35.9 Å². The molecule has 0 atom stereocenters. The number of hydrogen-bond acceptors (Lipinski definition) is 1. The second kappa shape index (κ2) is 6.45. The molecule has 0 amide bonds. The first kappa shape index (κ1) is 13.0. The molecule has 0 saturated carbocycles. The van der Waals surface area contributed by atoms with Crippen molar-refractivity contribution in [1.82, 2.24) is 10.6 Å². The molecule has 0 radical (unpaired) electrons. The van der Waals surface area contributed by atoms with Gasteiger partial charge in [-0.25, -0.2) is 0 Å². The van der Waals surface area contributed by atoms with E-state index in [1.165, 1.54) is 0 Å². The van der Waals surface area contributed by atoms with Gasteiger partial charge < -0.3 is 10.6 Å². The van der Waals surface area contributed by atoms with E-state index in [-0.39, 0.29) is 0 Å². The lowest BCUT2D eigenvalue weighted by Gasteiger charge is -2.16. The smallest absolute Gasteiger partial charge is 0.191 e. The lowest BCUT2D eigenvalue weighted by Crippen LogP contribution is -2.42. The average molecular weight is 264 g/mol. The Balaban J connectivity index is 1.83. The van der Waals surface area contributed by atoms with Gasteiger partial charge in [-0.05, 0) is 30.5 Å². The first-order valence-electron chi connectivity index (χ1n) is 6.14. The monoisotopic (exact) mass is 263 g/mol. The number of benzene rings is 1. The zero-order valence-corrected chi connectivity index (χ0v) is 11.2. The number of nitrogens with zero attached hydrogens (tertiary/aromatic N) is 1. The zero-order valence-electron chi connectivity index (χ0n) is 10.5. The first-order valence-corrected chi connectivity index (χ1v) is 6.52. The summed E-state index contributed by atoms with van der Waals surface area (Å²) in [5.41, 5.74) is 1.15. The fraction of sp³-hybridized carbons (Fsp3) is 0.357. The van der Waals surface area contributed by atoms with E-state index in [2.05, 4.69) is 27.8 Å². The van der Waals surface area contributed by atoms with Gasteiger partial charge in [-0.2, -0.15) is 0 Å². The molecule has 0 aromatic heterocycles. The highest BCUT2D eigenvalue weighted by Gasteiger charge is 2.11. The van der Waals surface area contributed by atoms with Gasteiger partial charge in [0, 0.05) is 24.7 Å². The van der Waals surface area contributed by atoms with Crippen molar-refractivity contribution in [3.63, 3.8) is 0 Å². The van der Waals surface area contributed by atoms with Crippen LogP contribution in [0.15, 0.2) is 41.4 Å². The molecule has 0 bridgehead atoms. The second-order valence-corrected chi connectivity index (χ2v) is 4.78. The van der Waals surface area contributed by atoms with E-state index in [9.17, 15) is 0 Å². The van der Waals surface area contributed by atoms with Crippen LogP contribution in [0.2, 0.25) is 5.02 Å². The minimum Gasteiger partial charge on any atom is -0.353 e. The van der Waals surface area contributed by atoms with Crippen molar-refractivity contribution in [3.05, 3.63) is 47.0 Å². The van der Waals surface area contributed by atoms with Gasteiger partial charge in [0.1, 0.15) is 0 Å². The van der Waals surface area contributed by atoms with E-state index in [1.54, 1.807) is 7.05 Å². The molecule has 0 unspecified atom stereocenters. The summed E-state index contributed by atoms with van der Waals surface area (Å²) < 4.78 is 0. The Bertz CT molecular complexity index is 446. The minimum absolute atomic E-state index is 0.468. The standard InChI is InChI=1S/C14H18ClN3/c1-16-14(18-13-7-2-3-8-13)17-10-11-5-4-6-12(15)9-11/h2-6,9,13H,7-8,10H2,1H3,(H2,16,17,18). The highest BCUT2D eigenvalue weighted by molar-refractivity contribution is 6.30. The molecule has 0 spiro atoms. The zero-order chi connectivity index (χ0) is 12.8. The lowest BCUT2D eigenvalue weighted by atomic mass is 10.2. The van der Waals surface area contributed by atoms with Gasteiger partial charge in [0.15, 0.2) is 5.96 Å². The van der Waals surface area contributed by atoms with Crippen molar-refractivity contribution in [2.24, 2.45) is 4.99 Å². The number of nitrogens with one attached hydrogen (secondary N) is 2. The molecule has 18 heavy (non-hydrogen) atoms. The van der Waals surface area contributed by atoms with Crippen molar-refractivity contribution in [3.8, 4) is 0 Å². The van der Waals surface area contributed by atoms with Crippen LogP contribution in [0.1, 0.15) is 18.4 Å². The third-order valence-corrected chi connectivity index (χ3v) is 3.16. The van der Waals surface area contributed by atoms with E-state index < -0.39 is 0 Å². The summed E-state index contributed by atoms with van der Waals surface area (Å²) >= 11 is 5.95. The van der Waals surface area contributed by atoms with Crippen LogP contribution in [-0.4, -0.2) is 19.0 Å². The van der Waals surface area contributed by atoms with Gasteiger partial charge in [-0.3, -0.25) is 4.99 Å². The highest BCUT2D eigenvalue weighted by atomic mass is 35.5. The Morgan fingerprint density at radius 3 is 2.83 bits per heavy atom. The van der Waals surface area contributed by atoms with Crippen molar-refractivity contribution in [1.29, 1.82) is 0 Å². The van der Waals surface area contributed by atoms with Crippen LogP contribution in [0.4, 0.5) is 0 Å². The molecule has 0 heterocycles. The Hall–Kier alpha value is -1.48. The van der Waals surface area contributed by atoms with Crippen LogP contribution in [0.25, 0.3) is 0 Å². The van der Waals surface area contributed by atoms with E-state index in [4.69, 9.17) is 11.6 Å². The number of aliphatic imine (C=N–C) groups is 1. The average Bonchev–Trinajstić information content (AvgIpc) is 2.87. The Morgan fingerprint density at radius 2 is 2.17 bits per heavy atom. The van der Waals surface area contributed by atoms with Crippen LogP contribution in [0, 0.1) is 0 Å². The molecule has 96 valence electrons. The molecule has 0 aliphatic heterocycles. The number of guanidine groups is 1. The Kier molecular flexibility index (Phi) is 4.65. The van der Waals surface area contributed by atoms with E-state index >= 15 is 0 Å². The molecule has 1 aliphatic rings. The molecule has 0 saturated heterocycles. The first-order chi connectivity index (χ1) is 8.78. The third-order valence-electron chi connectivity index (χ3n) is 2.92. The largest absolute Gasteiger partial charge is 0.353 e. The number of halogens is 1. The number of hydrogen-bond donors (Lipinski definition) is 2. The third kappa shape index (κ3) is 3.77. The van der Waals surface area contributed by atoms with Gasteiger partial charge in [0.25, 0.3) is 0 Å². The normalized spacial score (nSPS) is 16.0.